The van der Waals surface area contributed by atoms with Crippen molar-refractivity contribution in [2.45, 2.75) is 36.8 Å². The van der Waals surface area contributed by atoms with Crippen LogP contribution >= 0.6 is 11.6 Å². The van der Waals surface area contributed by atoms with Crippen molar-refractivity contribution in [3.63, 3.8) is 0 Å². The van der Waals surface area contributed by atoms with Gasteiger partial charge in [-0.1, -0.05) is 29.8 Å². The lowest BCUT2D eigenvalue weighted by Gasteiger charge is -2.38. The Labute approximate surface area is 222 Å². The number of carbonyl (C=O) groups is 1. The topological polar surface area (TPSA) is 94.2 Å². The zero-order valence-corrected chi connectivity index (χ0v) is 22.6. The number of rotatable bonds is 8. The van der Waals surface area contributed by atoms with Gasteiger partial charge in [-0.15, -0.1) is 0 Å². The van der Waals surface area contributed by atoms with E-state index in [1.54, 1.807) is 24.3 Å². The fourth-order valence-electron chi connectivity index (χ4n) is 4.33. The maximum atomic E-state index is 13.8. The molecule has 1 N–H and O–H groups in total. The highest BCUT2D eigenvalue weighted by atomic mass is 35.5. The summed E-state index contributed by atoms with van der Waals surface area (Å²) in [5, 5.41) is 3.45. The van der Waals surface area contributed by atoms with E-state index in [1.807, 2.05) is 38.1 Å². The maximum absolute atomic E-state index is 13.8. The Kier molecular flexibility index (Phi) is 7.57. The average Bonchev–Trinajstić information content (AvgIpc) is 2.86. The number of benzene rings is 3. The number of ether oxygens (including phenoxy) is 3. The van der Waals surface area contributed by atoms with Crippen molar-refractivity contribution < 1.29 is 27.4 Å². The van der Waals surface area contributed by atoms with E-state index in [1.165, 1.54) is 32.4 Å². The van der Waals surface area contributed by atoms with Crippen molar-refractivity contribution in [3.05, 3.63) is 77.3 Å². The van der Waals surface area contributed by atoms with Crippen LogP contribution in [0, 0.1) is 0 Å². The van der Waals surface area contributed by atoms with Gasteiger partial charge in [0.1, 0.15) is 17.9 Å². The third-order valence-corrected chi connectivity index (χ3v) is 8.08. The molecule has 0 aromatic heterocycles. The molecule has 0 fully saturated rings. The van der Waals surface area contributed by atoms with E-state index in [4.69, 9.17) is 25.8 Å². The van der Waals surface area contributed by atoms with Gasteiger partial charge in [0.2, 0.25) is 5.91 Å². The molecule has 0 saturated heterocycles. The first kappa shape index (κ1) is 26.6. The molecule has 4 rings (SSSR count). The highest BCUT2D eigenvalue weighted by molar-refractivity contribution is 7.92. The maximum Gasteiger partial charge on any atom is 0.264 e. The summed E-state index contributed by atoms with van der Waals surface area (Å²) in [6, 6.07) is 17.7. The summed E-state index contributed by atoms with van der Waals surface area (Å²) < 4.78 is 45.3. The van der Waals surface area contributed by atoms with Crippen molar-refractivity contribution in [3.8, 4) is 17.2 Å². The Bertz CT molecular complexity index is 1390. The standard InChI is InChI=1S/C27H29ClN2O6S/c1-27(2)16-22(21-7-5-6-8-23(21)36-27)29-26(31)17-30(19-11-9-18(28)10-12-19)37(32,33)20-13-14-24(34-3)25(15-20)35-4/h5-15,22H,16-17H2,1-4H3,(H,29,31). The number of hydrogen-bond acceptors (Lipinski definition) is 6. The van der Waals surface area contributed by atoms with Gasteiger partial charge >= 0.3 is 0 Å². The second kappa shape index (κ2) is 10.5. The van der Waals surface area contributed by atoms with Crippen molar-refractivity contribution in [1.82, 2.24) is 5.32 Å². The molecule has 1 heterocycles. The molecule has 1 aliphatic rings. The molecule has 0 saturated carbocycles. The molecule has 1 atom stereocenters. The molecule has 1 unspecified atom stereocenters. The first-order valence-corrected chi connectivity index (χ1v) is 13.4. The highest BCUT2D eigenvalue weighted by Crippen LogP contribution is 2.39. The number of amides is 1. The van der Waals surface area contributed by atoms with Crippen LogP contribution in [0.15, 0.2) is 71.6 Å². The molecule has 0 bridgehead atoms. The second-order valence-electron chi connectivity index (χ2n) is 9.23. The van der Waals surface area contributed by atoms with Gasteiger partial charge in [-0.05, 0) is 56.3 Å². The van der Waals surface area contributed by atoms with Crippen molar-refractivity contribution in [2.24, 2.45) is 0 Å². The van der Waals surface area contributed by atoms with Gasteiger partial charge in [-0.3, -0.25) is 9.10 Å². The Morgan fingerprint density at radius 3 is 2.41 bits per heavy atom. The molecule has 0 aliphatic carbocycles. The van der Waals surface area contributed by atoms with E-state index in [0.29, 0.717) is 28.6 Å². The number of fused-ring (bicyclic) bond motifs is 1. The van der Waals surface area contributed by atoms with Crippen LogP contribution in [0.5, 0.6) is 17.2 Å². The molecule has 196 valence electrons. The number of nitrogens with zero attached hydrogens (tertiary/aromatic N) is 1. The van der Waals surface area contributed by atoms with Crippen molar-refractivity contribution >= 4 is 33.2 Å². The van der Waals surface area contributed by atoms with Gasteiger partial charge in [-0.2, -0.15) is 0 Å². The van der Waals surface area contributed by atoms with Crippen LogP contribution in [0.4, 0.5) is 5.69 Å². The monoisotopic (exact) mass is 544 g/mol. The summed E-state index contributed by atoms with van der Waals surface area (Å²) in [4.78, 5) is 13.3. The zero-order chi connectivity index (χ0) is 26.8. The Morgan fingerprint density at radius 2 is 1.73 bits per heavy atom. The van der Waals surface area contributed by atoms with E-state index >= 15 is 0 Å². The fourth-order valence-corrected chi connectivity index (χ4v) is 5.89. The van der Waals surface area contributed by atoms with Gasteiger partial charge in [-0.25, -0.2) is 8.42 Å². The second-order valence-corrected chi connectivity index (χ2v) is 11.5. The van der Waals surface area contributed by atoms with Crippen LogP contribution in [0.3, 0.4) is 0 Å². The third-order valence-electron chi connectivity index (χ3n) is 6.06. The Hall–Kier alpha value is -3.43. The lowest BCUT2D eigenvalue weighted by molar-refractivity contribution is -0.120. The van der Waals surface area contributed by atoms with Crippen LogP contribution in [-0.2, 0) is 14.8 Å². The number of hydrogen-bond donors (Lipinski definition) is 1. The number of para-hydroxylation sites is 1. The van der Waals surface area contributed by atoms with Crippen LogP contribution < -0.4 is 23.8 Å². The molecule has 10 heteroatoms. The SMILES string of the molecule is COc1ccc(S(=O)(=O)N(CC(=O)NC2CC(C)(C)Oc3ccccc32)c2ccc(Cl)cc2)cc1OC. The predicted molar refractivity (Wildman–Crippen MR) is 142 cm³/mol. The number of halogens is 1. The molecule has 1 aliphatic heterocycles. The summed E-state index contributed by atoms with van der Waals surface area (Å²) in [5.74, 6) is 0.872. The lowest BCUT2D eigenvalue weighted by Crippen LogP contribution is -2.45. The minimum Gasteiger partial charge on any atom is -0.493 e. The Balaban J connectivity index is 1.67. The summed E-state index contributed by atoms with van der Waals surface area (Å²) in [5.41, 5.74) is 0.631. The molecule has 8 nitrogen and oxygen atoms in total. The Morgan fingerprint density at radius 1 is 1.05 bits per heavy atom. The predicted octanol–water partition coefficient (Wildman–Crippen LogP) is 4.97. The average molecular weight is 545 g/mol. The number of sulfonamides is 1. The highest BCUT2D eigenvalue weighted by Gasteiger charge is 2.35. The van der Waals surface area contributed by atoms with E-state index < -0.39 is 28.1 Å². The largest absolute Gasteiger partial charge is 0.493 e. The number of carbonyl (C=O) groups excluding carboxylic acids is 1. The van der Waals surface area contributed by atoms with Crippen LogP contribution in [0.1, 0.15) is 31.9 Å². The van der Waals surface area contributed by atoms with E-state index in [9.17, 15) is 13.2 Å². The van der Waals surface area contributed by atoms with Crippen molar-refractivity contribution in [2.75, 3.05) is 25.1 Å². The third kappa shape index (κ3) is 5.78. The summed E-state index contributed by atoms with van der Waals surface area (Å²) in [6.45, 7) is 3.45. The molecule has 3 aromatic rings. The smallest absolute Gasteiger partial charge is 0.264 e. The molecular formula is C27H29ClN2O6S. The lowest BCUT2D eigenvalue weighted by atomic mass is 9.89. The molecule has 3 aromatic carbocycles. The van der Waals surface area contributed by atoms with Crippen molar-refractivity contribution in [1.29, 1.82) is 0 Å². The number of methoxy groups -OCH3 is 2. The van der Waals surface area contributed by atoms with Crippen LogP contribution in [0.25, 0.3) is 0 Å². The van der Waals surface area contributed by atoms with Gasteiger partial charge in [0.05, 0.1) is 30.8 Å². The number of anilines is 1. The van der Waals surface area contributed by atoms with Gasteiger partial charge in [0, 0.05) is 23.1 Å². The number of nitrogens with one attached hydrogen (secondary N) is 1. The minimum atomic E-state index is -4.17. The quantitative estimate of drug-likeness (QED) is 0.430. The zero-order valence-electron chi connectivity index (χ0n) is 21.0. The normalized spacial score (nSPS) is 16.2. The molecule has 0 radical (unpaired) electrons. The van der Waals surface area contributed by atoms with E-state index in [2.05, 4.69) is 5.32 Å². The van der Waals surface area contributed by atoms with Gasteiger partial charge in [0.15, 0.2) is 11.5 Å². The summed E-state index contributed by atoms with van der Waals surface area (Å²) in [7, 11) is -1.29. The first-order valence-electron chi connectivity index (χ1n) is 11.6. The van der Waals surface area contributed by atoms with Crippen LogP contribution in [0.2, 0.25) is 5.02 Å². The molecular weight excluding hydrogens is 516 g/mol. The summed E-state index contributed by atoms with van der Waals surface area (Å²) in [6.07, 6.45) is 0.527. The van der Waals surface area contributed by atoms with Gasteiger partial charge < -0.3 is 19.5 Å². The van der Waals surface area contributed by atoms with Gasteiger partial charge in [0.25, 0.3) is 10.0 Å². The molecule has 37 heavy (non-hydrogen) atoms. The first-order chi connectivity index (χ1) is 17.5. The van der Waals surface area contributed by atoms with E-state index in [0.717, 1.165) is 9.87 Å². The fraction of sp³-hybridized carbons (Fsp3) is 0.296. The summed E-state index contributed by atoms with van der Waals surface area (Å²) >= 11 is 6.04. The molecule has 1 amide bonds. The molecule has 0 spiro atoms. The minimum absolute atomic E-state index is 0.0505. The van der Waals surface area contributed by atoms with Crippen LogP contribution in [-0.4, -0.2) is 40.7 Å². The van der Waals surface area contributed by atoms with E-state index in [-0.39, 0.29) is 16.7 Å².